The monoisotopic (exact) mass is 403 g/mol. The van der Waals surface area contributed by atoms with Crippen molar-refractivity contribution in [1.82, 2.24) is 14.8 Å². The number of hydrogen-bond acceptors (Lipinski definition) is 4. The molecule has 1 atom stereocenters. The van der Waals surface area contributed by atoms with Gasteiger partial charge in [-0.2, -0.15) is 5.10 Å². The highest BCUT2D eigenvalue weighted by molar-refractivity contribution is 7.99. The lowest BCUT2D eigenvalue weighted by Gasteiger charge is -2.14. The Hall–Kier alpha value is -3.06. The maximum Gasteiger partial charge on any atom is 0.327 e. The fourth-order valence-corrected chi connectivity index (χ4v) is 5.81. The average molecular weight is 403 g/mol. The molecule has 3 heterocycles. The number of rotatable bonds is 3. The Kier molecular flexibility index (Phi) is 3.47. The fraction of sp³-hybridized carbons (Fsp3) is 0.227. The normalized spacial score (nSPS) is 18.4. The zero-order valence-corrected chi connectivity index (χ0v) is 16.2. The number of fused-ring (bicyclic) bond motifs is 3. The van der Waals surface area contributed by atoms with Gasteiger partial charge in [0.25, 0.3) is 5.56 Å². The van der Waals surface area contributed by atoms with E-state index < -0.39 is 12.0 Å². The summed E-state index contributed by atoms with van der Waals surface area (Å²) in [7, 11) is 0. The van der Waals surface area contributed by atoms with Crippen LogP contribution in [0.3, 0.4) is 0 Å². The lowest BCUT2D eigenvalue weighted by Crippen LogP contribution is -2.29. The number of aromatic nitrogens is 3. The quantitative estimate of drug-likeness (QED) is 0.536. The SMILES string of the molecule is O=C(O)C1CSc2c(C3CC3)c3c(-c4cccc5ccccc45)n[nH]c3c(=O)n21. The number of nitrogens with one attached hydrogen (secondary N) is 1. The second-order valence-electron chi connectivity index (χ2n) is 7.68. The predicted molar refractivity (Wildman–Crippen MR) is 113 cm³/mol. The molecule has 2 aliphatic rings. The molecular weight excluding hydrogens is 386 g/mol. The van der Waals surface area contributed by atoms with Gasteiger partial charge in [-0.15, -0.1) is 11.8 Å². The Morgan fingerprint density at radius 3 is 2.76 bits per heavy atom. The van der Waals surface area contributed by atoms with Crippen molar-refractivity contribution < 1.29 is 9.90 Å². The van der Waals surface area contributed by atoms with E-state index in [2.05, 4.69) is 28.4 Å². The van der Waals surface area contributed by atoms with Crippen molar-refractivity contribution >= 4 is 39.4 Å². The van der Waals surface area contributed by atoms with Crippen LogP contribution in [0.4, 0.5) is 0 Å². The molecule has 0 saturated heterocycles. The van der Waals surface area contributed by atoms with Crippen molar-refractivity contribution in [2.75, 3.05) is 5.75 Å². The van der Waals surface area contributed by atoms with E-state index in [0.717, 1.165) is 50.8 Å². The number of H-pyrrole nitrogens is 1. The summed E-state index contributed by atoms with van der Waals surface area (Å²) in [5.74, 6) is -0.229. The third-order valence-corrected chi connectivity index (χ3v) is 7.09. The molecule has 2 aromatic heterocycles. The third kappa shape index (κ3) is 2.34. The molecule has 1 aliphatic carbocycles. The minimum absolute atomic E-state index is 0.296. The lowest BCUT2D eigenvalue weighted by molar-refractivity contribution is -0.140. The molecule has 6 nitrogen and oxygen atoms in total. The van der Waals surface area contributed by atoms with Gasteiger partial charge in [0.15, 0.2) is 0 Å². The summed E-state index contributed by atoms with van der Waals surface area (Å²) in [6, 6.07) is 13.4. The zero-order chi connectivity index (χ0) is 19.7. The van der Waals surface area contributed by atoms with Gasteiger partial charge in [0, 0.05) is 16.7 Å². The topological polar surface area (TPSA) is 88.0 Å². The molecule has 1 unspecified atom stereocenters. The molecular formula is C22H17N3O3S. The summed E-state index contributed by atoms with van der Waals surface area (Å²) < 4.78 is 1.47. The van der Waals surface area contributed by atoms with Crippen LogP contribution in [-0.2, 0) is 4.79 Å². The summed E-state index contributed by atoms with van der Waals surface area (Å²) in [5, 5.41) is 21.0. The minimum atomic E-state index is -0.965. The molecule has 2 aromatic carbocycles. The third-order valence-electron chi connectivity index (χ3n) is 5.92. The number of nitrogens with zero attached hydrogens (tertiary/aromatic N) is 2. The number of carbonyl (C=O) groups is 1. The molecule has 144 valence electrons. The lowest BCUT2D eigenvalue weighted by atomic mass is 9.97. The molecule has 1 saturated carbocycles. The fourth-order valence-electron chi connectivity index (χ4n) is 4.43. The first-order chi connectivity index (χ1) is 14.1. The summed E-state index contributed by atoms with van der Waals surface area (Å²) in [6.45, 7) is 0. The Balaban J connectivity index is 1.72. The Morgan fingerprint density at radius 1 is 1.17 bits per heavy atom. The highest BCUT2D eigenvalue weighted by atomic mass is 32.2. The highest BCUT2D eigenvalue weighted by Gasteiger charge is 2.39. The van der Waals surface area contributed by atoms with Crippen LogP contribution in [0.5, 0.6) is 0 Å². The largest absolute Gasteiger partial charge is 0.480 e. The van der Waals surface area contributed by atoms with E-state index in [0.29, 0.717) is 17.2 Å². The van der Waals surface area contributed by atoms with Crippen LogP contribution in [0, 0.1) is 0 Å². The first-order valence-corrected chi connectivity index (χ1v) is 10.6. The summed E-state index contributed by atoms with van der Waals surface area (Å²) in [6.07, 6.45) is 2.11. The van der Waals surface area contributed by atoms with Crippen LogP contribution < -0.4 is 5.56 Å². The second kappa shape index (κ2) is 5.97. The number of aromatic amines is 1. The first-order valence-electron chi connectivity index (χ1n) is 9.65. The molecule has 1 fully saturated rings. The van der Waals surface area contributed by atoms with Crippen LogP contribution in [0.25, 0.3) is 32.9 Å². The maximum atomic E-state index is 13.3. The smallest absolute Gasteiger partial charge is 0.327 e. The van der Waals surface area contributed by atoms with E-state index in [9.17, 15) is 14.7 Å². The van der Waals surface area contributed by atoms with Gasteiger partial charge in [-0.3, -0.25) is 14.5 Å². The number of aliphatic carboxylic acids is 1. The predicted octanol–water partition coefficient (Wildman–Crippen LogP) is 4.15. The van der Waals surface area contributed by atoms with Gasteiger partial charge in [-0.1, -0.05) is 42.5 Å². The molecule has 4 aromatic rings. The van der Waals surface area contributed by atoms with Crippen LogP contribution in [0.1, 0.15) is 30.4 Å². The number of pyridine rings is 1. The molecule has 7 heteroatoms. The van der Waals surface area contributed by atoms with E-state index in [4.69, 9.17) is 0 Å². The summed E-state index contributed by atoms with van der Waals surface area (Å²) in [4.78, 5) is 25.0. The number of thioether (sulfide) groups is 1. The number of benzene rings is 2. The summed E-state index contributed by atoms with van der Waals surface area (Å²) in [5.41, 5.74) is 2.96. The molecule has 2 N–H and O–H groups in total. The van der Waals surface area contributed by atoms with Gasteiger partial charge in [0.2, 0.25) is 0 Å². The molecule has 1 aliphatic heterocycles. The molecule has 0 radical (unpaired) electrons. The van der Waals surface area contributed by atoms with Crippen LogP contribution in [0.2, 0.25) is 0 Å². The Bertz CT molecular complexity index is 1380. The number of carboxylic acids is 1. The number of carboxylic acid groups (broad SMARTS) is 1. The standard InChI is InChI=1S/C22H17N3O3S/c26-20-19-17(16(12-8-9-12)21-25(20)15(10-29-21)22(27)28)18(23-24-19)14-7-3-5-11-4-1-2-6-13(11)14/h1-7,12,15H,8-10H2,(H,23,24)(H,27,28). The number of hydrogen-bond donors (Lipinski definition) is 2. The molecule has 29 heavy (non-hydrogen) atoms. The Labute approximate surface area is 169 Å². The molecule has 0 bridgehead atoms. The first kappa shape index (κ1) is 16.9. The van der Waals surface area contributed by atoms with Crippen LogP contribution in [-0.4, -0.2) is 31.6 Å². The molecule has 6 rings (SSSR count). The van der Waals surface area contributed by atoms with Crippen molar-refractivity contribution in [2.45, 2.75) is 29.8 Å². The van der Waals surface area contributed by atoms with E-state index in [1.54, 1.807) is 0 Å². The maximum absolute atomic E-state index is 13.3. The van der Waals surface area contributed by atoms with Gasteiger partial charge < -0.3 is 5.11 Å². The Morgan fingerprint density at radius 2 is 1.97 bits per heavy atom. The van der Waals surface area contributed by atoms with Gasteiger partial charge in [-0.25, -0.2) is 4.79 Å². The molecule has 0 spiro atoms. The minimum Gasteiger partial charge on any atom is -0.480 e. The van der Waals surface area contributed by atoms with E-state index >= 15 is 0 Å². The van der Waals surface area contributed by atoms with Crippen molar-refractivity contribution in [1.29, 1.82) is 0 Å². The second-order valence-corrected chi connectivity index (χ2v) is 8.69. The van der Waals surface area contributed by atoms with Crippen molar-refractivity contribution in [3.8, 4) is 11.3 Å². The van der Waals surface area contributed by atoms with Gasteiger partial charge in [0.05, 0.1) is 5.03 Å². The highest BCUT2D eigenvalue weighted by Crippen LogP contribution is 2.51. The average Bonchev–Trinajstić information content (AvgIpc) is 3.30. The van der Waals surface area contributed by atoms with Gasteiger partial charge in [0.1, 0.15) is 17.3 Å². The molecule has 0 amide bonds. The van der Waals surface area contributed by atoms with Crippen molar-refractivity contribution in [3.63, 3.8) is 0 Å². The summed E-state index contributed by atoms with van der Waals surface area (Å²) >= 11 is 1.48. The van der Waals surface area contributed by atoms with E-state index in [-0.39, 0.29) is 5.56 Å². The van der Waals surface area contributed by atoms with Gasteiger partial charge >= 0.3 is 5.97 Å². The van der Waals surface area contributed by atoms with E-state index in [1.807, 2.05) is 24.3 Å². The zero-order valence-electron chi connectivity index (χ0n) is 15.4. The van der Waals surface area contributed by atoms with Crippen molar-refractivity contribution in [2.24, 2.45) is 0 Å². The van der Waals surface area contributed by atoms with E-state index in [1.165, 1.54) is 16.3 Å². The van der Waals surface area contributed by atoms with Gasteiger partial charge in [-0.05, 0) is 35.1 Å². The van der Waals surface area contributed by atoms with Crippen LogP contribution in [0.15, 0.2) is 52.3 Å². The van der Waals surface area contributed by atoms with Crippen molar-refractivity contribution in [3.05, 3.63) is 58.4 Å². The van der Waals surface area contributed by atoms with Crippen LogP contribution >= 0.6 is 11.8 Å².